The summed E-state index contributed by atoms with van der Waals surface area (Å²) >= 11 is 0. The number of benzene rings is 1. The Hall–Kier alpha value is -2.48. The van der Waals surface area contributed by atoms with Gasteiger partial charge in [-0.2, -0.15) is 10.4 Å². The fourth-order valence-corrected chi connectivity index (χ4v) is 2.14. The van der Waals surface area contributed by atoms with E-state index in [9.17, 15) is 0 Å². The zero-order chi connectivity index (χ0) is 14.5. The van der Waals surface area contributed by atoms with Crippen LogP contribution in [-0.2, 0) is 6.54 Å². The predicted octanol–water partition coefficient (Wildman–Crippen LogP) is 2.46. The van der Waals surface area contributed by atoms with Crippen LogP contribution in [0.2, 0.25) is 0 Å². The largest absolute Gasteiger partial charge is 0.398 e. The van der Waals surface area contributed by atoms with E-state index >= 15 is 0 Å². The number of nitrogens with zero attached hydrogens (tertiary/aromatic N) is 3. The summed E-state index contributed by atoms with van der Waals surface area (Å²) in [7, 11) is 0. The Balaban J connectivity index is 1.83. The number of nitrogens with two attached hydrogens (primary N) is 1. The summed E-state index contributed by atoms with van der Waals surface area (Å²) in [4.78, 5) is 0. The lowest BCUT2D eigenvalue weighted by Crippen LogP contribution is -2.09. The summed E-state index contributed by atoms with van der Waals surface area (Å²) in [6.45, 7) is 5.79. The number of rotatable bonds is 5. The molecule has 0 unspecified atom stereocenters. The molecule has 0 radical (unpaired) electrons. The van der Waals surface area contributed by atoms with Gasteiger partial charge < -0.3 is 11.1 Å². The number of aryl methyl sites for hydroxylation is 3. The van der Waals surface area contributed by atoms with Crippen molar-refractivity contribution in [3.63, 3.8) is 0 Å². The molecule has 2 rings (SSSR count). The van der Waals surface area contributed by atoms with Gasteiger partial charge in [0.05, 0.1) is 16.9 Å². The van der Waals surface area contributed by atoms with Gasteiger partial charge in [-0.3, -0.25) is 4.68 Å². The van der Waals surface area contributed by atoms with Gasteiger partial charge in [-0.15, -0.1) is 0 Å². The second-order valence-corrected chi connectivity index (χ2v) is 4.84. The second-order valence-electron chi connectivity index (χ2n) is 4.84. The molecule has 5 heteroatoms. The van der Waals surface area contributed by atoms with E-state index in [1.54, 1.807) is 12.1 Å². The molecule has 0 amide bonds. The van der Waals surface area contributed by atoms with E-state index in [0.717, 1.165) is 30.9 Å². The molecular weight excluding hydrogens is 250 g/mol. The van der Waals surface area contributed by atoms with Gasteiger partial charge in [0.25, 0.3) is 0 Å². The Bertz CT molecular complexity index is 636. The van der Waals surface area contributed by atoms with Crippen molar-refractivity contribution in [2.45, 2.75) is 26.8 Å². The van der Waals surface area contributed by atoms with Crippen molar-refractivity contribution in [3.05, 3.63) is 41.2 Å². The molecule has 0 aliphatic heterocycles. The van der Waals surface area contributed by atoms with Crippen LogP contribution < -0.4 is 11.1 Å². The summed E-state index contributed by atoms with van der Waals surface area (Å²) in [5, 5.41) is 16.5. The third-order valence-electron chi connectivity index (χ3n) is 3.15. The Morgan fingerprint density at radius 3 is 2.75 bits per heavy atom. The van der Waals surface area contributed by atoms with Crippen molar-refractivity contribution < 1.29 is 0 Å². The maximum atomic E-state index is 8.82. The van der Waals surface area contributed by atoms with Gasteiger partial charge in [0.2, 0.25) is 0 Å². The highest BCUT2D eigenvalue weighted by molar-refractivity contribution is 5.62. The molecular formula is C15H19N5. The minimum atomic E-state index is 0.510. The van der Waals surface area contributed by atoms with E-state index < -0.39 is 0 Å². The summed E-state index contributed by atoms with van der Waals surface area (Å²) in [5.74, 6) is 0. The average Bonchev–Trinajstić information content (AvgIpc) is 2.73. The first-order valence-corrected chi connectivity index (χ1v) is 6.64. The molecule has 0 fully saturated rings. The van der Waals surface area contributed by atoms with Crippen LogP contribution in [0.15, 0.2) is 24.3 Å². The Morgan fingerprint density at radius 1 is 1.35 bits per heavy atom. The lowest BCUT2D eigenvalue weighted by molar-refractivity contribution is 0.574. The van der Waals surface area contributed by atoms with Crippen LogP contribution in [0.1, 0.15) is 23.4 Å². The topological polar surface area (TPSA) is 79.7 Å². The molecule has 1 heterocycles. The van der Waals surface area contributed by atoms with Crippen molar-refractivity contribution in [3.8, 4) is 6.07 Å². The quantitative estimate of drug-likeness (QED) is 0.645. The number of anilines is 2. The van der Waals surface area contributed by atoms with E-state index in [4.69, 9.17) is 11.0 Å². The molecule has 0 spiro atoms. The van der Waals surface area contributed by atoms with Crippen LogP contribution >= 0.6 is 0 Å². The highest BCUT2D eigenvalue weighted by Gasteiger charge is 2.01. The van der Waals surface area contributed by atoms with Crippen molar-refractivity contribution in [2.24, 2.45) is 0 Å². The number of hydrogen-bond acceptors (Lipinski definition) is 4. The normalized spacial score (nSPS) is 10.2. The summed E-state index contributed by atoms with van der Waals surface area (Å²) in [6, 6.07) is 9.54. The zero-order valence-electron chi connectivity index (χ0n) is 11.8. The minimum absolute atomic E-state index is 0.510. The van der Waals surface area contributed by atoms with Gasteiger partial charge >= 0.3 is 0 Å². The first-order valence-electron chi connectivity index (χ1n) is 6.64. The highest BCUT2D eigenvalue weighted by Crippen LogP contribution is 2.17. The van der Waals surface area contributed by atoms with Crippen LogP contribution in [0.25, 0.3) is 0 Å². The molecule has 20 heavy (non-hydrogen) atoms. The van der Waals surface area contributed by atoms with Gasteiger partial charge in [-0.05, 0) is 44.5 Å². The molecule has 1 aromatic heterocycles. The van der Waals surface area contributed by atoms with Gasteiger partial charge in [0, 0.05) is 24.5 Å². The third-order valence-corrected chi connectivity index (χ3v) is 3.15. The lowest BCUT2D eigenvalue weighted by atomic mass is 10.2. The lowest BCUT2D eigenvalue weighted by Gasteiger charge is -2.08. The van der Waals surface area contributed by atoms with Crippen LogP contribution in [-0.4, -0.2) is 16.3 Å². The van der Waals surface area contributed by atoms with Crippen LogP contribution in [0.4, 0.5) is 11.4 Å². The molecule has 0 saturated carbocycles. The maximum absolute atomic E-state index is 8.82. The molecule has 5 nitrogen and oxygen atoms in total. The molecule has 3 N–H and O–H groups in total. The van der Waals surface area contributed by atoms with Gasteiger partial charge in [-0.1, -0.05) is 0 Å². The van der Waals surface area contributed by atoms with Crippen molar-refractivity contribution in [1.82, 2.24) is 9.78 Å². The van der Waals surface area contributed by atoms with E-state index in [2.05, 4.69) is 29.5 Å². The molecule has 104 valence electrons. The SMILES string of the molecule is Cc1cc(C)n(CCCNc2ccc(C#N)c(N)c2)n1. The van der Waals surface area contributed by atoms with E-state index in [1.165, 1.54) is 5.69 Å². The fraction of sp³-hybridized carbons (Fsp3) is 0.333. The monoisotopic (exact) mass is 269 g/mol. The molecule has 0 atom stereocenters. The van der Waals surface area contributed by atoms with Gasteiger partial charge in [0.1, 0.15) is 6.07 Å². The minimum Gasteiger partial charge on any atom is -0.398 e. The van der Waals surface area contributed by atoms with E-state index in [0.29, 0.717) is 11.3 Å². The van der Waals surface area contributed by atoms with Gasteiger partial charge in [-0.25, -0.2) is 0 Å². The van der Waals surface area contributed by atoms with E-state index in [1.807, 2.05) is 17.7 Å². The maximum Gasteiger partial charge on any atom is 0.101 e. The number of hydrogen-bond donors (Lipinski definition) is 2. The summed E-state index contributed by atoms with van der Waals surface area (Å²) in [6.07, 6.45) is 0.974. The van der Waals surface area contributed by atoms with Crippen LogP contribution in [0.3, 0.4) is 0 Å². The zero-order valence-corrected chi connectivity index (χ0v) is 11.8. The number of nitriles is 1. The molecule has 0 aliphatic rings. The number of nitrogens with one attached hydrogen (secondary N) is 1. The molecule has 2 aromatic rings. The highest BCUT2D eigenvalue weighted by atomic mass is 15.3. The van der Waals surface area contributed by atoms with Crippen molar-refractivity contribution >= 4 is 11.4 Å². The Kier molecular flexibility index (Phi) is 4.26. The third kappa shape index (κ3) is 3.29. The second kappa shape index (κ2) is 6.11. The Morgan fingerprint density at radius 2 is 2.15 bits per heavy atom. The molecule has 0 saturated heterocycles. The van der Waals surface area contributed by atoms with E-state index in [-0.39, 0.29) is 0 Å². The first kappa shape index (κ1) is 13.9. The fourth-order valence-electron chi connectivity index (χ4n) is 2.14. The standard InChI is InChI=1S/C15H19N5/c1-11-8-12(2)20(19-11)7-3-6-18-14-5-4-13(10-16)15(17)9-14/h4-5,8-9,18H,3,6-7,17H2,1-2H3. The van der Waals surface area contributed by atoms with Crippen molar-refractivity contribution in [2.75, 3.05) is 17.6 Å². The number of aromatic nitrogens is 2. The van der Waals surface area contributed by atoms with Gasteiger partial charge in [0.15, 0.2) is 0 Å². The Labute approximate surface area is 119 Å². The van der Waals surface area contributed by atoms with Crippen LogP contribution in [0.5, 0.6) is 0 Å². The van der Waals surface area contributed by atoms with Crippen LogP contribution in [0, 0.1) is 25.2 Å². The predicted molar refractivity (Wildman–Crippen MR) is 80.4 cm³/mol. The first-order chi connectivity index (χ1) is 9.60. The smallest absolute Gasteiger partial charge is 0.101 e. The number of nitrogen functional groups attached to an aromatic ring is 1. The average molecular weight is 269 g/mol. The summed E-state index contributed by atoms with van der Waals surface area (Å²) in [5.41, 5.74) is 9.97. The molecule has 0 bridgehead atoms. The molecule has 0 aliphatic carbocycles. The molecule has 1 aromatic carbocycles. The van der Waals surface area contributed by atoms with Crippen molar-refractivity contribution in [1.29, 1.82) is 5.26 Å². The summed E-state index contributed by atoms with van der Waals surface area (Å²) < 4.78 is 2.02.